The molecule has 0 fully saturated rings. The van der Waals surface area contributed by atoms with Crippen molar-refractivity contribution >= 4 is 23.8 Å². The summed E-state index contributed by atoms with van der Waals surface area (Å²) in [4.78, 5) is 11.2. The summed E-state index contributed by atoms with van der Waals surface area (Å²) in [6, 6.07) is 0. The van der Waals surface area contributed by atoms with E-state index in [1.54, 1.807) is 0 Å². The van der Waals surface area contributed by atoms with Crippen LogP contribution in [0, 0.1) is 13.8 Å². The van der Waals surface area contributed by atoms with Gasteiger partial charge in [0, 0.05) is 13.1 Å². The number of anilines is 1. The summed E-state index contributed by atoms with van der Waals surface area (Å²) in [6.07, 6.45) is 0. The van der Waals surface area contributed by atoms with Crippen molar-refractivity contribution in [3.8, 4) is 0 Å². The van der Waals surface area contributed by atoms with Crippen LogP contribution in [-0.2, 0) is 0 Å². The lowest BCUT2D eigenvalue weighted by Gasteiger charge is -2.26. The molecule has 18 heavy (non-hydrogen) atoms. The number of hydrogen-bond acceptors (Lipinski definition) is 7. The highest BCUT2D eigenvalue weighted by Crippen LogP contribution is 2.29. The smallest absolute Gasteiger partial charge is 0.170 e. The number of fused-ring (bicyclic) bond motifs is 1. The Hall–Kier alpha value is -1.34. The van der Waals surface area contributed by atoms with E-state index < -0.39 is 0 Å². The molecule has 1 aliphatic rings. The van der Waals surface area contributed by atoms with Gasteiger partial charge in [-0.2, -0.15) is 4.40 Å². The van der Waals surface area contributed by atoms with E-state index in [0.717, 1.165) is 30.3 Å². The molecule has 2 rings (SSSR count). The second-order valence-corrected chi connectivity index (χ2v) is 5.32. The lowest BCUT2D eigenvalue weighted by molar-refractivity contribution is 0.421. The first-order valence-corrected chi connectivity index (χ1v) is 6.50. The molecule has 0 aliphatic carbocycles. The van der Waals surface area contributed by atoms with Crippen LogP contribution in [0.5, 0.6) is 0 Å². The Morgan fingerprint density at radius 2 is 1.89 bits per heavy atom. The fourth-order valence-corrected chi connectivity index (χ4v) is 2.19. The van der Waals surface area contributed by atoms with Crippen molar-refractivity contribution in [3.63, 3.8) is 0 Å². The minimum Gasteiger partial charge on any atom is -0.381 e. The first-order chi connectivity index (χ1) is 8.49. The Morgan fingerprint density at radius 3 is 2.56 bits per heavy atom. The summed E-state index contributed by atoms with van der Waals surface area (Å²) in [7, 11) is 4.08. The number of nitrogens with two attached hydrogens (primary N) is 1. The van der Waals surface area contributed by atoms with E-state index in [4.69, 9.17) is 5.73 Å². The Balaban J connectivity index is 2.32. The molecule has 0 radical (unpaired) electrons. The lowest BCUT2D eigenvalue weighted by atomic mass is 10.3. The SMILES string of the molecule is Cc1nc2c(nc1C)N(CCN(C)C)SN=C2N. The largest absolute Gasteiger partial charge is 0.381 e. The first-order valence-electron chi connectivity index (χ1n) is 5.77. The number of nitrogens with zero attached hydrogens (tertiary/aromatic N) is 5. The first kappa shape index (κ1) is 13.1. The molecule has 2 N–H and O–H groups in total. The molecule has 0 saturated heterocycles. The second kappa shape index (κ2) is 5.11. The molecule has 0 spiro atoms. The molecular formula is C11H18N6S. The molecule has 0 atom stereocenters. The third kappa shape index (κ3) is 2.56. The summed E-state index contributed by atoms with van der Waals surface area (Å²) < 4.78 is 6.25. The van der Waals surface area contributed by atoms with E-state index in [1.807, 2.05) is 32.2 Å². The van der Waals surface area contributed by atoms with Crippen molar-refractivity contribution < 1.29 is 0 Å². The fourth-order valence-electron chi connectivity index (χ4n) is 1.55. The van der Waals surface area contributed by atoms with Crippen LogP contribution in [0.3, 0.4) is 0 Å². The van der Waals surface area contributed by atoms with Gasteiger partial charge in [0.05, 0.1) is 23.5 Å². The predicted molar refractivity (Wildman–Crippen MR) is 75.7 cm³/mol. The summed E-state index contributed by atoms with van der Waals surface area (Å²) >= 11 is 1.34. The summed E-state index contributed by atoms with van der Waals surface area (Å²) in [5, 5.41) is 0. The van der Waals surface area contributed by atoms with Gasteiger partial charge in [-0.1, -0.05) is 0 Å². The minimum atomic E-state index is 0.451. The average molecular weight is 266 g/mol. The van der Waals surface area contributed by atoms with Crippen LogP contribution in [0.2, 0.25) is 0 Å². The van der Waals surface area contributed by atoms with Gasteiger partial charge in [0.25, 0.3) is 0 Å². The van der Waals surface area contributed by atoms with Gasteiger partial charge in [0.2, 0.25) is 0 Å². The van der Waals surface area contributed by atoms with Crippen LogP contribution in [-0.4, -0.2) is 47.9 Å². The molecule has 1 aromatic heterocycles. The molecule has 7 heteroatoms. The molecule has 0 aromatic carbocycles. The monoisotopic (exact) mass is 266 g/mol. The van der Waals surface area contributed by atoms with E-state index >= 15 is 0 Å². The number of hydrogen-bond donors (Lipinski definition) is 1. The Labute approximate surface area is 112 Å². The third-order valence-electron chi connectivity index (χ3n) is 2.76. The summed E-state index contributed by atoms with van der Waals surface area (Å²) in [6.45, 7) is 5.65. The molecular weight excluding hydrogens is 248 g/mol. The number of aromatic nitrogens is 2. The van der Waals surface area contributed by atoms with Gasteiger partial charge in [-0.25, -0.2) is 9.97 Å². The molecule has 6 nitrogen and oxygen atoms in total. The van der Waals surface area contributed by atoms with Crippen LogP contribution in [0.1, 0.15) is 17.1 Å². The van der Waals surface area contributed by atoms with Crippen molar-refractivity contribution in [1.82, 2.24) is 14.9 Å². The van der Waals surface area contributed by atoms with Gasteiger partial charge >= 0.3 is 0 Å². The molecule has 0 amide bonds. The maximum atomic E-state index is 5.87. The molecule has 0 saturated carbocycles. The van der Waals surface area contributed by atoms with Crippen LogP contribution < -0.4 is 10.0 Å². The molecule has 1 aromatic rings. The summed E-state index contributed by atoms with van der Waals surface area (Å²) in [5.74, 6) is 1.27. The normalized spacial score (nSPS) is 14.7. The zero-order chi connectivity index (χ0) is 13.3. The van der Waals surface area contributed by atoms with Crippen molar-refractivity contribution in [2.75, 3.05) is 31.5 Å². The van der Waals surface area contributed by atoms with Crippen molar-refractivity contribution in [1.29, 1.82) is 0 Å². The molecule has 98 valence electrons. The second-order valence-electron chi connectivity index (χ2n) is 4.53. The van der Waals surface area contributed by atoms with Crippen LogP contribution in [0.15, 0.2) is 4.40 Å². The van der Waals surface area contributed by atoms with Gasteiger partial charge in [-0.3, -0.25) is 4.31 Å². The maximum Gasteiger partial charge on any atom is 0.170 e. The van der Waals surface area contributed by atoms with Gasteiger partial charge in [-0.15, -0.1) is 0 Å². The van der Waals surface area contributed by atoms with Crippen molar-refractivity contribution in [3.05, 3.63) is 17.1 Å². The third-order valence-corrected chi connectivity index (χ3v) is 3.59. The lowest BCUT2D eigenvalue weighted by Crippen LogP contribution is -2.32. The topological polar surface area (TPSA) is 70.6 Å². The molecule has 2 heterocycles. The quantitative estimate of drug-likeness (QED) is 0.814. The Morgan fingerprint density at radius 1 is 1.22 bits per heavy atom. The number of amidine groups is 1. The molecule has 1 aliphatic heterocycles. The van der Waals surface area contributed by atoms with Gasteiger partial charge in [0.1, 0.15) is 5.69 Å². The maximum absolute atomic E-state index is 5.87. The number of likely N-dealkylation sites (N-methyl/N-ethyl adjacent to an activating group) is 1. The summed E-state index contributed by atoms with van der Waals surface area (Å²) in [5.41, 5.74) is 8.39. The molecule has 0 unspecified atom stereocenters. The van der Waals surface area contributed by atoms with Gasteiger partial charge in [0.15, 0.2) is 11.7 Å². The van der Waals surface area contributed by atoms with E-state index in [9.17, 15) is 0 Å². The highest BCUT2D eigenvalue weighted by molar-refractivity contribution is 7.99. The van der Waals surface area contributed by atoms with Crippen molar-refractivity contribution in [2.45, 2.75) is 13.8 Å². The van der Waals surface area contributed by atoms with Gasteiger partial charge < -0.3 is 10.6 Å². The highest BCUT2D eigenvalue weighted by atomic mass is 32.2. The Bertz CT molecular complexity index is 485. The predicted octanol–water partition coefficient (Wildman–Crippen LogP) is 0.744. The average Bonchev–Trinajstić information content (AvgIpc) is 2.31. The van der Waals surface area contributed by atoms with E-state index in [2.05, 4.69) is 19.3 Å². The van der Waals surface area contributed by atoms with E-state index in [1.165, 1.54) is 12.1 Å². The standard InChI is InChI=1S/C11H18N6S/c1-7-8(2)14-11-9(13-7)10(12)15-18-17(11)6-5-16(3)4/h5-6H2,1-4H3,(H2,12,15). The van der Waals surface area contributed by atoms with Gasteiger partial charge in [-0.05, 0) is 27.9 Å². The van der Waals surface area contributed by atoms with Crippen LogP contribution in [0.4, 0.5) is 5.82 Å². The zero-order valence-electron chi connectivity index (χ0n) is 11.1. The fraction of sp³-hybridized carbons (Fsp3) is 0.545. The highest BCUT2D eigenvalue weighted by Gasteiger charge is 2.23. The van der Waals surface area contributed by atoms with Crippen molar-refractivity contribution in [2.24, 2.45) is 10.1 Å². The minimum absolute atomic E-state index is 0.451. The Kier molecular flexibility index (Phi) is 3.72. The number of aryl methyl sites for hydroxylation is 2. The van der Waals surface area contributed by atoms with E-state index in [-0.39, 0.29) is 0 Å². The van der Waals surface area contributed by atoms with Crippen LogP contribution in [0.25, 0.3) is 0 Å². The zero-order valence-corrected chi connectivity index (χ0v) is 12.0. The van der Waals surface area contributed by atoms with Crippen LogP contribution >= 0.6 is 12.1 Å². The van der Waals surface area contributed by atoms with E-state index in [0.29, 0.717) is 11.5 Å². The molecule has 0 bridgehead atoms. The number of rotatable bonds is 3.